The molecule has 0 amide bonds. The smallest absolute Gasteiger partial charge is 0.150 e. The van der Waals surface area contributed by atoms with Gasteiger partial charge in [-0.25, -0.2) is 0 Å². The lowest BCUT2D eigenvalue weighted by Crippen LogP contribution is -2.40. The topological polar surface area (TPSA) is 61.7 Å². The molecule has 0 spiro atoms. The van der Waals surface area contributed by atoms with Crippen molar-refractivity contribution in [3.8, 4) is 0 Å². The molecule has 1 heterocycles. The Morgan fingerprint density at radius 1 is 1.44 bits per heavy atom. The molecule has 2 aliphatic rings. The van der Waals surface area contributed by atoms with Crippen molar-refractivity contribution in [2.75, 3.05) is 6.61 Å². The number of hydrogen-bond acceptors (Lipinski definition) is 4. The molecule has 0 aromatic rings. The third kappa shape index (κ3) is 2.70. The fourth-order valence-corrected chi connectivity index (χ4v) is 3.07. The molecule has 0 aromatic carbocycles. The van der Waals surface area contributed by atoms with E-state index in [2.05, 4.69) is 36.3 Å². The summed E-state index contributed by atoms with van der Waals surface area (Å²) in [5, 5.41) is 12.7. The highest BCUT2D eigenvalue weighted by atomic mass is 31.1. The number of allylic oxidation sites excluding steroid dienone is 2. The number of nitrogens with zero attached hydrogens (tertiary/aromatic N) is 1. The molecule has 2 rings (SSSR count). The van der Waals surface area contributed by atoms with Gasteiger partial charge in [-0.3, -0.25) is 9.79 Å². The molecule has 0 aromatic heterocycles. The first-order chi connectivity index (χ1) is 8.51. The fourth-order valence-electron chi connectivity index (χ4n) is 2.12. The molecule has 2 N–H and O–H groups in total. The summed E-state index contributed by atoms with van der Waals surface area (Å²) in [5.74, 6) is 0.765. The van der Waals surface area contributed by atoms with Crippen molar-refractivity contribution in [3.63, 3.8) is 0 Å². The molecule has 4 unspecified atom stereocenters. The first kappa shape index (κ1) is 13.4. The summed E-state index contributed by atoms with van der Waals surface area (Å²) in [4.78, 5) is 15.7. The van der Waals surface area contributed by atoms with Crippen LogP contribution in [0.15, 0.2) is 28.5 Å². The molecule has 1 aliphatic heterocycles. The maximum Gasteiger partial charge on any atom is 0.150 e. The molecule has 4 nitrogen and oxygen atoms in total. The number of nitrogens with one attached hydrogen (secondary N) is 1. The summed E-state index contributed by atoms with van der Waals surface area (Å²) in [6.45, 7) is 5.79. The lowest BCUT2D eigenvalue weighted by molar-refractivity contribution is -0.109. The normalized spacial score (nSPS) is 31.3. The third-order valence-corrected chi connectivity index (χ3v) is 4.54. The highest BCUT2D eigenvalue weighted by Gasteiger charge is 2.28. The molecule has 0 radical (unpaired) electrons. The second-order valence-electron chi connectivity index (χ2n) is 4.89. The van der Waals surface area contributed by atoms with Crippen molar-refractivity contribution in [1.29, 1.82) is 0 Å². The van der Waals surface area contributed by atoms with E-state index in [1.165, 1.54) is 0 Å². The quantitative estimate of drug-likeness (QED) is 0.763. The lowest BCUT2D eigenvalue weighted by Gasteiger charge is -2.31. The zero-order valence-electron chi connectivity index (χ0n) is 10.9. The fraction of sp³-hybridized carbons (Fsp3) is 0.538. The molecule has 0 bridgehead atoms. The van der Waals surface area contributed by atoms with Crippen molar-refractivity contribution >= 4 is 19.8 Å². The van der Waals surface area contributed by atoms with Crippen LogP contribution in [0.3, 0.4) is 0 Å². The van der Waals surface area contributed by atoms with Gasteiger partial charge in [-0.2, -0.15) is 0 Å². The summed E-state index contributed by atoms with van der Waals surface area (Å²) >= 11 is 0. The van der Waals surface area contributed by atoms with Gasteiger partial charge in [0.1, 0.15) is 0 Å². The molecule has 0 saturated carbocycles. The van der Waals surface area contributed by atoms with Crippen LogP contribution in [0.4, 0.5) is 0 Å². The summed E-state index contributed by atoms with van der Waals surface area (Å²) < 4.78 is 0. The maximum absolute atomic E-state index is 11.3. The van der Waals surface area contributed by atoms with Crippen LogP contribution in [0, 0.1) is 11.8 Å². The number of aliphatic hydroxyl groups is 1. The van der Waals surface area contributed by atoms with Crippen molar-refractivity contribution in [1.82, 2.24) is 5.32 Å². The minimum absolute atomic E-state index is 0.105. The standard InChI is InChI=1S/C13H19N2O2P/c1-7-4-10-11(5-8(7)2)15-13(18-9(3)17)12(6-16)14-10/h4-5,7-8,13,15-16,18H,6H2,1-3H3. The Labute approximate surface area is 109 Å². The zero-order valence-corrected chi connectivity index (χ0v) is 11.9. The number of hydrogen-bond donors (Lipinski definition) is 2. The predicted octanol–water partition coefficient (Wildman–Crippen LogP) is 1.63. The van der Waals surface area contributed by atoms with Crippen LogP contribution in [0.25, 0.3) is 0 Å². The van der Waals surface area contributed by atoms with Gasteiger partial charge in [0.15, 0.2) is 5.52 Å². The number of aliphatic hydroxyl groups excluding tert-OH is 1. The van der Waals surface area contributed by atoms with Gasteiger partial charge in [0.2, 0.25) is 0 Å². The zero-order chi connectivity index (χ0) is 13.3. The van der Waals surface area contributed by atoms with Crippen LogP contribution in [-0.2, 0) is 4.79 Å². The number of carbonyl (C=O) groups is 1. The van der Waals surface area contributed by atoms with Crippen molar-refractivity contribution in [3.05, 3.63) is 23.5 Å². The minimum Gasteiger partial charge on any atom is -0.390 e. The third-order valence-electron chi connectivity index (χ3n) is 3.36. The molecule has 5 heteroatoms. The molecule has 0 fully saturated rings. The number of fused-ring (bicyclic) bond motifs is 1. The van der Waals surface area contributed by atoms with Crippen LogP contribution in [0.1, 0.15) is 20.8 Å². The van der Waals surface area contributed by atoms with Gasteiger partial charge >= 0.3 is 0 Å². The first-order valence-corrected chi connectivity index (χ1v) is 7.25. The van der Waals surface area contributed by atoms with E-state index in [9.17, 15) is 9.90 Å². The largest absolute Gasteiger partial charge is 0.390 e. The number of rotatable bonds is 3. The average Bonchev–Trinajstić information content (AvgIpc) is 2.30. The Balaban J connectivity index is 2.30. The van der Waals surface area contributed by atoms with Gasteiger partial charge in [0.25, 0.3) is 0 Å². The van der Waals surface area contributed by atoms with E-state index in [-0.39, 0.29) is 26.5 Å². The average molecular weight is 266 g/mol. The van der Waals surface area contributed by atoms with Gasteiger partial charge < -0.3 is 10.4 Å². The number of aliphatic imine (C=N–C) groups is 1. The van der Waals surface area contributed by atoms with Crippen molar-refractivity contribution in [2.24, 2.45) is 16.8 Å². The Hall–Kier alpha value is -0.990. The Bertz CT molecular complexity index is 454. The molecule has 4 atom stereocenters. The maximum atomic E-state index is 11.3. The first-order valence-electron chi connectivity index (χ1n) is 6.17. The van der Waals surface area contributed by atoms with Crippen LogP contribution in [0.5, 0.6) is 0 Å². The highest BCUT2D eigenvalue weighted by Crippen LogP contribution is 2.32. The van der Waals surface area contributed by atoms with Crippen molar-refractivity contribution < 1.29 is 9.90 Å². The molecule has 18 heavy (non-hydrogen) atoms. The monoisotopic (exact) mass is 266 g/mol. The van der Waals surface area contributed by atoms with Crippen LogP contribution >= 0.6 is 8.58 Å². The molecule has 1 aliphatic carbocycles. The molecular formula is C13H19N2O2P. The van der Waals surface area contributed by atoms with E-state index < -0.39 is 0 Å². The van der Waals surface area contributed by atoms with E-state index in [4.69, 9.17) is 0 Å². The van der Waals surface area contributed by atoms with Crippen LogP contribution < -0.4 is 5.32 Å². The molecular weight excluding hydrogens is 247 g/mol. The van der Waals surface area contributed by atoms with E-state index in [1.54, 1.807) is 6.92 Å². The van der Waals surface area contributed by atoms with Crippen LogP contribution in [-0.4, -0.2) is 28.7 Å². The van der Waals surface area contributed by atoms with Gasteiger partial charge in [0.05, 0.1) is 29.5 Å². The van der Waals surface area contributed by atoms with E-state index in [1.807, 2.05) is 0 Å². The van der Waals surface area contributed by atoms with Crippen molar-refractivity contribution in [2.45, 2.75) is 26.6 Å². The SMILES string of the molecule is CC(=O)PC1NC2=CC(C)C(C)C=C2N=C1CO. The lowest BCUT2D eigenvalue weighted by atomic mass is 9.88. The van der Waals surface area contributed by atoms with Gasteiger partial charge in [-0.15, -0.1) is 0 Å². The second-order valence-corrected chi connectivity index (χ2v) is 6.46. The summed E-state index contributed by atoms with van der Waals surface area (Å²) in [6, 6.07) is 0. The van der Waals surface area contributed by atoms with E-state index >= 15 is 0 Å². The summed E-state index contributed by atoms with van der Waals surface area (Å²) in [6.07, 6.45) is 4.28. The number of carbonyl (C=O) groups excluding carboxylic acids is 1. The second kappa shape index (κ2) is 5.33. The minimum atomic E-state index is -0.142. The summed E-state index contributed by atoms with van der Waals surface area (Å²) in [7, 11) is 0.106. The van der Waals surface area contributed by atoms with E-state index in [0.717, 1.165) is 11.4 Å². The van der Waals surface area contributed by atoms with Gasteiger partial charge in [-0.05, 0) is 27.3 Å². The molecule has 0 saturated heterocycles. The Morgan fingerprint density at radius 2 is 2.11 bits per heavy atom. The Morgan fingerprint density at radius 3 is 2.72 bits per heavy atom. The van der Waals surface area contributed by atoms with E-state index in [0.29, 0.717) is 17.5 Å². The van der Waals surface area contributed by atoms with Gasteiger partial charge in [0, 0.05) is 0 Å². The summed E-state index contributed by atoms with van der Waals surface area (Å²) in [5.41, 5.74) is 2.68. The predicted molar refractivity (Wildman–Crippen MR) is 74.9 cm³/mol. The van der Waals surface area contributed by atoms with Gasteiger partial charge in [-0.1, -0.05) is 26.0 Å². The Kier molecular flexibility index (Phi) is 3.98. The van der Waals surface area contributed by atoms with Crippen LogP contribution in [0.2, 0.25) is 0 Å². The highest BCUT2D eigenvalue weighted by molar-refractivity contribution is 7.59. The molecule has 98 valence electrons.